The first kappa shape index (κ1) is 38.8. The molecule has 0 amide bonds. The number of alkyl halides is 3. The zero-order valence-corrected chi connectivity index (χ0v) is 33.3. The first-order valence-electron chi connectivity index (χ1n) is 19.8. The Morgan fingerprint density at radius 2 is 1.03 bits per heavy atom. The van der Waals surface area contributed by atoms with Gasteiger partial charge in [0.15, 0.2) is 11.4 Å². The molecule has 0 saturated carbocycles. The van der Waals surface area contributed by atoms with Crippen molar-refractivity contribution in [1.29, 1.82) is 15.8 Å². The van der Waals surface area contributed by atoms with Crippen molar-refractivity contribution >= 4 is 55.0 Å². The monoisotopic (exact) mass is 829 g/mol. The van der Waals surface area contributed by atoms with Crippen molar-refractivity contribution in [2.75, 3.05) is 0 Å². The van der Waals surface area contributed by atoms with Crippen molar-refractivity contribution in [1.82, 2.24) is 9.13 Å². The van der Waals surface area contributed by atoms with Crippen LogP contribution in [0.5, 0.6) is 0 Å². The molecule has 298 valence electrons. The molecule has 64 heavy (non-hydrogen) atoms. The average molecular weight is 830 g/mol. The Hall–Kier alpha value is -9.40. The van der Waals surface area contributed by atoms with Gasteiger partial charge in [0.05, 0.1) is 75.4 Å². The van der Waals surface area contributed by atoms with Gasteiger partial charge in [0, 0.05) is 21.5 Å². The fourth-order valence-electron chi connectivity index (χ4n) is 8.90. The van der Waals surface area contributed by atoms with E-state index in [-0.39, 0.29) is 22.4 Å². The zero-order valence-electron chi connectivity index (χ0n) is 33.3. The minimum Gasteiger partial charge on any atom is -0.308 e. The van der Waals surface area contributed by atoms with Crippen LogP contribution in [0.1, 0.15) is 22.3 Å². The molecule has 0 saturated heterocycles. The second kappa shape index (κ2) is 14.9. The SMILES string of the molecule is [C-]#[N+]c1ccc(-c2ccc3c4ccccc4n(-c4cc(-c5ccccc5C(F)(F)F)cc(-n5c6ccccc6c6ccc(-c7ccc(C#N)cc7C#N)cc65)c4C#N)c3c2)c([N+]#[C-])c1. The van der Waals surface area contributed by atoms with E-state index in [4.69, 9.17) is 13.1 Å². The van der Waals surface area contributed by atoms with Gasteiger partial charge in [-0.2, -0.15) is 29.0 Å². The molecular weight excluding hydrogens is 804 g/mol. The van der Waals surface area contributed by atoms with Crippen LogP contribution in [-0.4, -0.2) is 9.13 Å². The molecule has 0 aliphatic heterocycles. The van der Waals surface area contributed by atoms with Gasteiger partial charge in [0.1, 0.15) is 11.6 Å². The van der Waals surface area contributed by atoms with Crippen molar-refractivity contribution in [3.63, 3.8) is 0 Å². The summed E-state index contributed by atoms with van der Waals surface area (Å²) in [7, 11) is 0. The van der Waals surface area contributed by atoms with E-state index in [2.05, 4.69) is 27.9 Å². The molecule has 10 rings (SSSR count). The highest BCUT2D eigenvalue weighted by Crippen LogP contribution is 2.45. The summed E-state index contributed by atoms with van der Waals surface area (Å²) >= 11 is 0. The summed E-state index contributed by atoms with van der Waals surface area (Å²) in [6.45, 7) is 15.4. The molecule has 0 bridgehead atoms. The van der Waals surface area contributed by atoms with Crippen molar-refractivity contribution in [2.45, 2.75) is 6.18 Å². The van der Waals surface area contributed by atoms with Crippen LogP contribution < -0.4 is 0 Å². The van der Waals surface area contributed by atoms with Gasteiger partial charge >= 0.3 is 6.18 Å². The minimum absolute atomic E-state index is 0.0808. The molecule has 0 radical (unpaired) electrons. The Labute approximate surface area is 363 Å². The summed E-state index contributed by atoms with van der Waals surface area (Å²) in [6, 6.07) is 51.9. The fraction of sp³-hybridized carbons (Fsp3) is 0.0185. The zero-order chi connectivity index (χ0) is 44.3. The molecule has 7 nitrogen and oxygen atoms in total. The number of fused-ring (bicyclic) bond motifs is 6. The molecule has 0 N–H and O–H groups in total. The largest absolute Gasteiger partial charge is 0.417 e. The topological polar surface area (TPSA) is 90.0 Å². The van der Waals surface area contributed by atoms with Gasteiger partial charge in [-0.25, -0.2) is 9.69 Å². The van der Waals surface area contributed by atoms with Crippen LogP contribution in [0, 0.1) is 47.1 Å². The highest BCUT2D eigenvalue weighted by Gasteiger charge is 2.34. The van der Waals surface area contributed by atoms with Gasteiger partial charge in [0.25, 0.3) is 0 Å². The van der Waals surface area contributed by atoms with E-state index in [0.29, 0.717) is 72.5 Å². The van der Waals surface area contributed by atoms with Gasteiger partial charge in [0.2, 0.25) is 0 Å². The molecule has 0 atom stereocenters. The van der Waals surface area contributed by atoms with E-state index in [0.717, 1.165) is 27.6 Å². The van der Waals surface area contributed by atoms with Crippen LogP contribution in [-0.2, 0) is 6.18 Å². The summed E-state index contributed by atoms with van der Waals surface area (Å²) in [6.07, 6.45) is -4.71. The van der Waals surface area contributed by atoms with E-state index in [1.807, 2.05) is 94.1 Å². The Bertz CT molecular complexity index is 3640. The normalized spacial score (nSPS) is 11.3. The third-order valence-electron chi connectivity index (χ3n) is 11.7. The predicted molar refractivity (Wildman–Crippen MR) is 243 cm³/mol. The van der Waals surface area contributed by atoms with Gasteiger partial charge in [-0.05, 0) is 88.0 Å². The molecule has 2 heterocycles. The average Bonchev–Trinajstić information content (AvgIpc) is 3.84. The van der Waals surface area contributed by atoms with Crippen LogP contribution in [0.4, 0.5) is 24.5 Å². The third-order valence-corrected chi connectivity index (χ3v) is 11.7. The van der Waals surface area contributed by atoms with Gasteiger partial charge in [-0.1, -0.05) is 103 Å². The minimum atomic E-state index is -4.71. The number of aromatic nitrogens is 2. The molecule has 0 spiro atoms. The summed E-state index contributed by atoms with van der Waals surface area (Å²) in [5.74, 6) is 0. The van der Waals surface area contributed by atoms with Gasteiger partial charge in [-0.3, -0.25) is 0 Å². The van der Waals surface area contributed by atoms with Gasteiger partial charge < -0.3 is 9.13 Å². The Morgan fingerprint density at radius 1 is 0.469 bits per heavy atom. The molecule has 0 aliphatic carbocycles. The summed E-state index contributed by atoms with van der Waals surface area (Å²) < 4.78 is 48.6. The standard InChI is InChI=1S/C54H26F3N7/c1-61-37-18-22-40(47(28-37)62-2)34-17-21-44-42-11-5-8-14-49(42)64(51(44)25-34)53-27-35(39-9-3-6-12-46(39)54(55,56)57)26-52(45(53)31-60)63-48-13-7-4-10-41(48)43-20-16-33(24-50(43)63)38-19-15-32(29-58)23-36(38)30-59/h3-28H. The molecule has 2 aromatic heterocycles. The Kier molecular flexibility index (Phi) is 9.06. The number of rotatable bonds is 5. The van der Waals surface area contributed by atoms with Crippen LogP contribution >= 0.6 is 0 Å². The van der Waals surface area contributed by atoms with Crippen molar-refractivity contribution in [3.05, 3.63) is 203 Å². The van der Waals surface area contributed by atoms with E-state index < -0.39 is 11.7 Å². The predicted octanol–water partition coefficient (Wildman–Crippen LogP) is 14.6. The highest BCUT2D eigenvalue weighted by molar-refractivity contribution is 6.12. The summed E-state index contributed by atoms with van der Waals surface area (Å²) in [5, 5.41) is 34.4. The lowest BCUT2D eigenvalue weighted by Crippen LogP contribution is -2.09. The van der Waals surface area contributed by atoms with Crippen LogP contribution in [0.15, 0.2) is 158 Å². The number of hydrogen-bond donors (Lipinski definition) is 0. The molecule has 0 aliphatic rings. The molecule has 0 fully saturated rings. The quantitative estimate of drug-likeness (QED) is 0.162. The van der Waals surface area contributed by atoms with E-state index in [1.165, 1.54) is 24.3 Å². The fourth-order valence-corrected chi connectivity index (χ4v) is 8.90. The lowest BCUT2D eigenvalue weighted by atomic mass is 9.95. The van der Waals surface area contributed by atoms with E-state index >= 15 is 0 Å². The van der Waals surface area contributed by atoms with Crippen molar-refractivity contribution in [2.24, 2.45) is 0 Å². The van der Waals surface area contributed by atoms with Crippen molar-refractivity contribution in [3.8, 4) is 63.0 Å². The Morgan fingerprint density at radius 3 is 1.59 bits per heavy atom. The summed E-state index contributed by atoms with van der Waals surface area (Å²) in [4.78, 5) is 7.22. The Balaban J connectivity index is 1.35. The molecule has 0 unspecified atom stereocenters. The molecule has 8 aromatic carbocycles. The lowest BCUT2D eigenvalue weighted by molar-refractivity contribution is -0.137. The van der Waals surface area contributed by atoms with Crippen LogP contribution in [0.2, 0.25) is 0 Å². The number of nitriles is 3. The number of para-hydroxylation sites is 2. The first-order valence-corrected chi connectivity index (χ1v) is 19.8. The second-order valence-corrected chi connectivity index (χ2v) is 15.1. The number of halogens is 3. The molecule has 10 aromatic rings. The highest BCUT2D eigenvalue weighted by atomic mass is 19.4. The molecular formula is C54H26F3N7. The van der Waals surface area contributed by atoms with Crippen molar-refractivity contribution < 1.29 is 13.2 Å². The van der Waals surface area contributed by atoms with Crippen LogP contribution in [0.25, 0.3) is 98.1 Å². The lowest BCUT2D eigenvalue weighted by Gasteiger charge is -2.20. The summed E-state index contributed by atoms with van der Waals surface area (Å²) in [5.41, 5.74) is 6.53. The maximum Gasteiger partial charge on any atom is 0.417 e. The number of benzene rings is 8. The molecule has 10 heteroatoms. The third kappa shape index (κ3) is 6.09. The van der Waals surface area contributed by atoms with E-state index in [1.54, 1.807) is 42.5 Å². The van der Waals surface area contributed by atoms with Crippen LogP contribution in [0.3, 0.4) is 0 Å². The van der Waals surface area contributed by atoms with E-state index in [9.17, 15) is 29.0 Å². The number of nitrogens with zero attached hydrogens (tertiary/aromatic N) is 7. The second-order valence-electron chi connectivity index (χ2n) is 15.1. The van der Waals surface area contributed by atoms with Gasteiger partial charge in [-0.15, -0.1) is 0 Å². The maximum absolute atomic E-state index is 14.9. The first-order chi connectivity index (χ1) is 31.1. The maximum atomic E-state index is 14.9. The number of hydrogen-bond acceptors (Lipinski definition) is 3. The smallest absolute Gasteiger partial charge is 0.308 e.